The zero-order valence-corrected chi connectivity index (χ0v) is 12.0. The SMILES string of the molecule is O=C(NC(CO)c1ccccc1)C1CCCCS1(=O)=O. The molecule has 1 aliphatic rings. The van der Waals surface area contributed by atoms with Crippen LogP contribution in [0.2, 0.25) is 0 Å². The van der Waals surface area contributed by atoms with Gasteiger partial charge in [-0.1, -0.05) is 36.8 Å². The van der Waals surface area contributed by atoms with Crippen molar-refractivity contribution >= 4 is 15.7 Å². The van der Waals surface area contributed by atoms with Crippen LogP contribution in [0.15, 0.2) is 30.3 Å². The molecule has 0 saturated carbocycles. The summed E-state index contributed by atoms with van der Waals surface area (Å²) in [5.74, 6) is -0.437. The molecule has 1 aliphatic heterocycles. The highest BCUT2D eigenvalue weighted by Crippen LogP contribution is 2.21. The maximum absolute atomic E-state index is 12.2. The number of carbonyl (C=O) groups is 1. The summed E-state index contributed by atoms with van der Waals surface area (Å²) < 4.78 is 23.8. The molecule has 0 radical (unpaired) electrons. The summed E-state index contributed by atoms with van der Waals surface area (Å²) in [7, 11) is -3.35. The van der Waals surface area contributed by atoms with Crippen LogP contribution in [0.5, 0.6) is 0 Å². The Labute approximate surface area is 118 Å². The van der Waals surface area contributed by atoms with Crippen LogP contribution < -0.4 is 5.32 Å². The highest BCUT2D eigenvalue weighted by Gasteiger charge is 2.35. The average molecular weight is 297 g/mol. The zero-order chi connectivity index (χ0) is 14.6. The number of aliphatic hydroxyl groups excluding tert-OH is 1. The molecule has 2 N–H and O–H groups in total. The van der Waals surface area contributed by atoms with Crippen molar-refractivity contribution in [2.24, 2.45) is 0 Å². The van der Waals surface area contributed by atoms with E-state index < -0.39 is 27.0 Å². The van der Waals surface area contributed by atoms with Crippen molar-refractivity contribution < 1.29 is 18.3 Å². The van der Waals surface area contributed by atoms with Gasteiger partial charge in [-0.2, -0.15) is 0 Å². The van der Waals surface area contributed by atoms with Gasteiger partial charge >= 0.3 is 0 Å². The standard InChI is InChI=1S/C14H19NO4S/c16-10-12(11-6-2-1-3-7-11)15-14(17)13-8-4-5-9-20(13,18)19/h1-3,6-7,12-13,16H,4-5,8-10H2,(H,15,17). The van der Waals surface area contributed by atoms with E-state index in [1.54, 1.807) is 12.1 Å². The minimum Gasteiger partial charge on any atom is -0.394 e. The van der Waals surface area contributed by atoms with Crippen LogP contribution in [0.3, 0.4) is 0 Å². The Balaban J connectivity index is 2.10. The summed E-state index contributed by atoms with van der Waals surface area (Å²) in [6.07, 6.45) is 1.72. The van der Waals surface area contributed by atoms with Crippen LogP contribution in [0.25, 0.3) is 0 Å². The molecule has 0 bridgehead atoms. The molecule has 1 aromatic carbocycles. The number of amides is 1. The molecule has 1 heterocycles. The molecule has 1 saturated heterocycles. The van der Waals surface area contributed by atoms with E-state index in [0.29, 0.717) is 12.8 Å². The van der Waals surface area contributed by atoms with Crippen LogP contribution in [-0.4, -0.2) is 37.0 Å². The molecule has 2 atom stereocenters. The third kappa shape index (κ3) is 3.37. The second-order valence-corrected chi connectivity index (χ2v) is 7.31. The van der Waals surface area contributed by atoms with Gasteiger partial charge < -0.3 is 10.4 Å². The summed E-state index contributed by atoms with van der Waals surface area (Å²) >= 11 is 0. The van der Waals surface area contributed by atoms with Gasteiger partial charge in [0.05, 0.1) is 18.4 Å². The molecule has 0 aromatic heterocycles. The van der Waals surface area contributed by atoms with E-state index in [0.717, 1.165) is 12.0 Å². The van der Waals surface area contributed by atoms with Crippen molar-refractivity contribution in [3.05, 3.63) is 35.9 Å². The quantitative estimate of drug-likeness (QED) is 0.861. The van der Waals surface area contributed by atoms with Gasteiger partial charge in [0.15, 0.2) is 9.84 Å². The average Bonchev–Trinajstić information content (AvgIpc) is 2.45. The minimum atomic E-state index is -3.35. The molecule has 0 aliphatic carbocycles. The molecule has 2 unspecified atom stereocenters. The first-order valence-corrected chi connectivity index (χ1v) is 8.44. The topological polar surface area (TPSA) is 83.5 Å². The van der Waals surface area contributed by atoms with Gasteiger partial charge in [-0.05, 0) is 18.4 Å². The lowest BCUT2D eigenvalue weighted by Crippen LogP contribution is -2.44. The molecule has 1 amide bonds. The fourth-order valence-electron chi connectivity index (χ4n) is 2.43. The lowest BCUT2D eigenvalue weighted by Gasteiger charge is -2.24. The lowest BCUT2D eigenvalue weighted by molar-refractivity contribution is -0.122. The fraction of sp³-hybridized carbons (Fsp3) is 0.500. The van der Waals surface area contributed by atoms with Crippen LogP contribution in [0, 0.1) is 0 Å². The number of aliphatic hydroxyl groups is 1. The van der Waals surface area contributed by atoms with E-state index in [2.05, 4.69) is 5.32 Å². The Morgan fingerprint density at radius 1 is 1.30 bits per heavy atom. The smallest absolute Gasteiger partial charge is 0.238 e. The molecule has 1 aromatic rings. The van der Waals surface area contributed by atoms with Gasteiger partial charge in [0, 0.05) is 0 Å². The maximum atomic E-state index is 12.2. The van der Waals surface area contributed by atoms with E-state index in [-0.39, 0.29) is 12.4 Å². The summed E-state index contributed by atoms with van der Waals surface area (Å²) in [4.78, 5) is 12.2. The molecule has 1 fully saturated rings. The molecule has 20 heavy (non-hydrogen) atoms. The van der Waals surface area contributed by atoms with Gasteiger partial charge in [0.2, 0.25) is 5.91 Å². The van der Waals surface area contributed by atoms with Crippen LogP contribution in [-0.2, 0) is 14.6 Å². The summed E-state index contributed by atoms with van der Waals surface area (Å²) in [6, 6.07) is 8.46. The highest BCUT2D eigenvalue weighted by atomic mass is 32.2. The fourth-order valence-corrected chi connectivity index (χ4v) is 4.24. The molecule has 110 valence electrons. The largest absolute Gasteiger partial charge is 0.394 e. The first kappa shape index (κ1) is 15.0. The summed E-state index contributed by atoms with van der Waals surface area (Å²) in [5, 5.41) is 11.1. The van der Waals surface area contributed by atoms with Gasteiger partial charge in [0.25, 0.3) is 0 Å². The van der Waals surface area contributed by atoms with Gasteiger partial charge in [-0.25, -0.2) is 8.42 Å². The van der Waals surface area contributed by atoms with E-state index in [9.17, 15) is 18.3 Å². The van der Waals surface area contributed by atoms with Crippen LogP contribution in [0.4, 0.5) is 0 Å². The summed E-state index contributed by atoms with van der Waals surface area (Å²) in [5.41, 5.74) is 0.761. The molecular weight excluding hydrogens is 278 g/mol. The molecule has 2 rings (SSSR count). The van der Waals surface area contributed by atoms with Crippen molar-refractivity contribution in [3.63, 3.8) is 0 Å². The number of benzene rings is 1. The van der Waals surface area contributed by atoms with Gasteiger partial charge in [-0.15, -0.1) is 0 Å². The van der Waals surface area contributed by atoms with E-state index in [1.165, 1.54) is 0 Å². The number of hydrogen-bond donors (Lipinski definition) is 2. The second kappa shape index (κ2) is 6.37. The first-order chi connectivity index (χ1) is 9.54. The Morgan fingerprint density at radius 3 is 2.60 bits per heavy atom. The molecule has 5 nitrogen and oxygen atoms in total. The van der Waals surface area contributed by atoms with E-state index in [1.807, 2.05) is 18.2 Å². The van der Waals surface area contributed by atoms with Crippen LogP contribution >= 0.6 is 0 Å². The highest BCUT2D eigenvalue weighted by molar-refractivity contribution is 7.92. The van der Waals surface area contributed by atoms with Crippen molar-refractivity contribution in [1.29, 1.82) is 0 Å². The number of sulfone groups is 1. The maximum Gasteiger partial charge on any atom is 0.238 e. The number of rotatable bonds is 4. The number of hydrogen-bond acceptors (Lipinski definition) is 4. The molecule has 6 heteroatoms. The predicted molar refractivity (Wildman–Crippen MR) is 75.8 cm³/mol. The van der Waals surface area contributed by atoms with Crippen molar-refractivity contribution in [2.45, 2.75) is 30.6 Å². The molecule has 0 spiro atoms. The Hall–Kier alpha value is -1.40. The summed E-state index contributed by atoms with van der Waals surface area (Å²) in [6.45, 7) is -0.261. The van der Waals surface area contributed by atoms with Crippen molar-refractivity contribution in [1.82, 2.24) is 5.32 Å². The first-order valence-electron chi connectivity index (χ1n) is 6.72. The van der Waals surface area contributed by atoms with Crippen molar-refractivity contribution in [3.8, 4) is 0 Å². The van der Waals surface area contributed by atoms with Gasteiger partial charge in [-0.3, -0.25) is 4.79 Å². The Bertz CT molecular complexity index is 556. The van der Waals surface area contributed by atoms with E-state index in [4.69, 9.17) is 0 Å². The third-order valence-corrected chi connectivity index (χ3v) is 5.75. The van der Waals surface area contributed by atoms with Gasteiger partial charge in [0.1, 0.15) is 5.25 Å². The van der Waals surface area contributed by atoms with Crippen molar-refractivity contribution in [2.75, 3.05) is 12.4 Å². The monoisotopic (exact) mass is 297 g/mol. The number of nitrogens with one attached hydrogen (secondary N) is 1. The zero-order valence-electron chi connectivity index (χ0n) is 11.2. The van der Waals surface area contributed by atoms with Crippen LogP contribution in [0.1, 0.15) is 30.9 Å². The lowest BCUT2D eigenvalue weighted by atomic mass is 10.1. The third-order valence-electron chi connectivity index (χ3n) is 3.57. The Kier molecular flexibility index (Phi) is 4.77. The number of carbonyl (C=O) groups excluding carboxylic acids is 1. The van der Waals surface area contributed by atoms with E-state index >= 15 is 0 Å². The minimum absolute atomic E-state index is 0.0697. The second-order valence-electron chi connectivity index (χ2n) is 5.01. The Morgan fingerprint density at radius 2 is 2.00 bits per heavy atom. The molecular formula is C14H19NO4S. The normalized spacial score (nSPS) is 22.9. The predicted octanol–water partition coefficient (Wildman–Crippen LogP) is 0.803.